The summed E-state index contributed by atoms with van der Waals surface area (Å²) in [6.07, 6.45) is 2.26. The van der Waals surface area contributed by atoms with E-state index in [1.54, 1.807) is 0 Å². The summed E-state index contributed by atoms with van der Waals surface area (Å²) in [5, 5.41) is 0.690. The van der Waals surface area contributed by atoms with E-state index in [1.165, 1.54) is 16.7 Å². The number of hydrogen-bond donors (Lipinski definition) is 0. The number of fused-ring (bicyclic) bond motifs is 2. The zero-order valence-electron chi connectivity index (χ0n) is 17.0. The van der Waals surface area contributed by atoms with Crippen molar-refractivity contribution >= 4 is 23.2 Å². The van der Waals surface area contributed by atoms with Crippen molar-refractivity contribution in [3.8, 4) is 0 Å². The Hall–Kier alpha value is -2.98. The van der Waals surface area contributed by atoms with Crippen molar-refractivity contribution in [3.63, 3.8) is 0 Å². The molecular weight excluding hydrogens is 394 g/mol. The number of hydrogen-bond acceptors (Lipinski definition) is 3. The van der Waals surface area contributed by atoms with Crippen molar-refractivity contribution in [1.29, 1.82) is 0 Å². The summed E-state index contributed by atoms with van der Waals surface area (Å²) in [4.78, 5) is 24.0. The van der Waals surface area contributed by atoms with Gasteiger partial charge in [0.1, 0.15) is 0 Å². The molecule has 1 amide bonds. The zero-order chi connectivity index (χ0) is 20.8. The van der Waals surface area contributed by atoms with Crippen molar-refractivity contribution in [3.05, 3.63) is 98.8 Å². The molecule has 0 aliphatic carbocycles. The van der Waals surface area contributed by atoms with Gasteiger partial charge in [-0.05, 0) is 66.4 Å². The minimum Gasteiger partial charge on any atom is -0.331 e. The highest BCUT2D eigenvalue weighted by Gasteiger charge is 2.30. The molecule has 0 saturated carbocycles. The number of nitrogens with zero attached hydrogens (tertiary/aromatic N) is 3. The minimum atomic E-state index is -0.0337. The van der Waals surface area contributed by atoms with Crippen LogP contribution in [0, 0.1) is 6.92 Å². The Kier molecular flexibility index (Phi) is 4.67. The molecule has 2 aliphatic heterocycles. The summed E-state index contributed by atoms with van der Waals surface area (Å²) < 4.78 is 0. The van der Waals surface area contributed by atoms with E-state index in [0.29, 0.717) is 24.5 Å². The third-order valence-electron chi connectivity index (χ3n) is 6.06. The van der Waals surface area contributed by atoms with Crippen LogP contribution in [0.2, 0.25) is 5.02 Å². The monoisotopic (exact) mass is 415 g/mol. The molecule has 30 heavy (non-hydrogen) atoms. The molecule has 2 aliphatic rings. The van der Waals surface area contributed by atoms with Crippen LogP contribution in [0.5, 0.6) is 0 Å². The molecule has 0 fully saturated rings. The van der Waals surface area contributed by atoms with Gasteiger partial charge in [-0.15, -0.1) is 0 Å². The first-order valence-corrected chi connectivity index (χ1v) is 10.5. The van der Waals surface area contributed by atoms with Gasteiger partial charge in [0.05, 0.1) is 24.7 Å². The van der Waals surface area contributed by atoms with Gasteiger partial charge in [-0.25, -0.2) is 0 Å². The fourth-order valence-electron chi connectivity index (χ4n) is 4.43. The molecule has 5 rings (SSSR count). The van der Waals surface area contributed by atoms with Crippen LogP contribution in [-0.4, -0.2) is 21.5 Å². The van der Waals surface area contributed by atoms with Crippen LogP contribution < -0.4 is 0 Å². The molecule has 0 spiro atoms. The van der Waals surface area contributed by atoms with E-state index in [-0.39, 0.29) is 11.9 Å². The van der Waals surface area contributed by atoms with Crippen LogP contribution in [0.1, 0.15) is 52.0 Å². The van der Waals surface area contributed by atoms with Crippen LogP contribution in [-0.2, 0) is 24.3 Å². The molecular formula is C25H22ClN3O. The summed E-state index contributed by atoms with van der Waals surface area (Å²) >= 11 is 6.17. The molecule has 3 heterocycles. The molecule has 0 bridgehead atoms. The predicted octanol–water partition coefficient (Wildman–Crippen LogP) is 5.04. The standard InChI is InChI=1S/C25H22ClN3O/c1-15-8-18(6-7-27-15)25-23-11-21-14-29(16(2)17-4-3-5-22(26)10-17)24(30)12-19(21)9-20(23)13-28-25/h3-11,16H,12-14H2,1-2H3. The number of amides is 1. The predicted molar refractivity (Wildman–Crippen MR) is 119 cm³/mol. The third kappa shape index (κ3) is 3.31. The van der Waals surface area contributed by atoms with Crippen molar-refractivity contribution in [1.82, 2.24) is 9.88 Å². The van der Waals surface area contributed by atoms with E-state index < -0.39 is 0 Å². The number of carbonyl (C=O) groups excluding carboxylic acids is 1. The van der Waals surface area contributed by atoms with Gasteiger partial charge in [-0.2, -0.15) is 0 Å². The van der Waals surface area contributed by atoms with Crippen molar-refractivity contribution in [2.24, 2.45) is 4.99 Å². The van der Waals surface area contributed by atoms with Gasteiger partial charge in [0.15, 0.2) is 0 Å². The molecule has 0 saturated heterocycles. The summed E-state index contributed by atoms with van der Waals surface area (Å²) in [7, 11) is 0. The second-order valence-electron chi connectivity index (χ2n) is 8.06. The molecule has 0 N–H and O–H groups in total. The summed E-state index contributed by atoms with van der Waals surface area (Å²) in [5.41, 5.74) is 8.83. The van der Waals surface area contributed by atoms with E-state index in [4.69, 9.17) is 16.6 Å². The first-order chi connectivity index (χ1) is 14.5. The Balaban J connectivity index is 1.49. The lowest BCUT2D eigenvalue weighted by atomic mass is 9.90. The molecule has 5 heteroatoms. The average molecular weight is 416 g/mol. The van der Waals surface area contributed by atoms with Gasteiger partial charge in [-0.3, -0.25) is 14.8 Å². The fourth-order valence-corrected chi connectivity index (χ4v) is 4.63. The largest absolute Gasteiger partial charge is 0.331 e. The van der Waals surface area contributed by atoms with E-state index in [9.17, 15) is 4.79 Å². The number of carbonyl (C=O) groups is 1. The highest BCUT2D eigenvalue weighted by atomic mass is 35.5. The van der Waals surface area contributed by atoms with Gasteiger partial charge in [0, 0.05) is 34.6 Å². The second-order valence-corrected chi connectivity index (χ2v) is 8.49. The lowest BCUT2D eigenvalue weighted by Crippen LogP contribution is -2.38. The maximum atomic E-state index is 12.9. The minimum absolute atomic E-state index is 0.0337. The number of halogens is 1. The topological polar surface area (TPSA) is 45.6 Å². The number of pyridine rings is 1. The van der Waals surface area contributed by atoms with Gasteiger partial charge in [0.2, 0.25) is 5.91 Å². The Labute approximate surface area is 181 Å². The molecule has 1 unspecified atom stereocenters. The number of aliphatic imine (C=N–C) groups is 1. The summed E-state index contributed by atoms with van der Waals surface area (Å²) in [6, 6.07) is 16.2. The van der Waals surface area contributed by atoms with Crippen LogP contribution >= 0.6 is 11.6 Å². The average Bonchev–Trinajstić information content (AvgIpc) is 3.14. The molecule has 150 valence electrons. The number of rotatable bonds is 3. The second kappa shape index (κ2) is 7.37. The molecule has 0 radical (unpaired) electrons. The van der Waals surface area contributed by atoms with E-state index in [2.05, 4.69) is 30.1 Å². The van der Waals surface area contributed by atoms with Crippen LogP contribution in [0.25, 0.3) is 0 Å². The summed E-state index contributed by atoms with van der Waals surface area (Å²) in [5.74, 6) is 0.152. The molecule has 2 aromatic carbocycles. The van der Waals surface area contributed by atoms with Crippen molar-refractivity contribution in [2.75, 3.05) is 0 Å². The van der Waals surface area contributed by atoms with Crippen molar-refractivity contribution < 1.29 is 4.79 Å². The Morgan fingerprint density at radius 1 is 1.07 bits per heavy atom. The molecule has 1 atom stereocenters. The highest BCUT2D eigenvalue weighted by Crippen LogP contribution is 2.33. The molecule has 4 nitrogen and oxygen atoms in total. The normalized spacial score (nSPS) is 16.2. The number of aryl methyl sites for hydroxylation is 1. The number of aromatic nitrogens is 1. The van der Waals surface area contributed by atoms with Gasteiger partial charge in [0.25, 0.3) is 0 Å². The molecule has 3 aromatic rings. The molecule has 1 aromatic heterocycles. The zero-order valence-corrected chi connectivity index (χ0v) is 17.8. The first kappa shape index (κ1) is 19.0. The maximum Gasteiger partial charge on any atom is 0.227 e. The smallest absolute Gasteiger partial charge is 0.227 e. The third-order valence-corrected chi connectivity index (χ3v) is 6.29. The first-order valence-electron chi connectivity index (χ1n) is 10.2. The van der Waals surface area contributed by atoms with Crippen LogP contribution in [0.4, 0.5) is 0 Å². The van der Waals surface area contributed by atoms with Gasteiger partial charge >= 0.3 is 0 Å². The Morgan fingerprint density at radius 3 is 2.73 bits per heavy atom. The quantitative estimate of drug-likeness (QED) is 0.601. The Bertz CT molecular complexity index is 1200. The Morgan fingerprint density at radius 2 is 1.93 bits per heavy atom. The highest BCUT2D eigenvalue weighted by molar-refractivity contribution is 6.30. The van der Waals surface area contributed by atoms with Crippen molar-refractivity contribution in [2.45, 2.75) is 39.4 Å². The lowest BCUT2D eigenvalue weighted by Gasteiger charge is -2.34. The van der Waals surface area contributed by atoms with Crippen LogP contribution in [0.3, 0.4) is 0 Å². The van der Waals surface area contributed by atoms with Gasteiger partial charge in [-0.1, -0.05) is 29.8 Å². The van der Waals surface area contributed by atoms with Gasteiger partial charge < -0.3 is 4.90 Å². The maximum absolute atomic E-state index is 12.9. The summed E-state index contributed by atoms with van der Waals surface area (Å²) in [6.45, 7) is 5.32. The van der Waals surface area contributed by atoms with E-state index in [1.807, 2.05) is 48.4 Å². The van der Waals surface area contributed by atoms with E-state index in [0.717, 1.165) is 28.1 Å². The SMILES string of the molecule is Cc1cc(C2=NCc3cc4c(cc32)CN(C(C)c2cccc(Cl)c2)C(=O)C4)ccn1. The number of benzene rings is 2. The lowest BCUT2D eigenvalue weighted by molar-refractivity contribution is -0.134. The van der Waals surface area contributed by atoms with Crippen LogP contribution in [0.15, 0.2) is 59.7 Å². The fraction of sp³-hybridized carbons (Fsp3) is 0.240. The van der Waals surface area contributed by atoms with E-state index >= 15 is 0 Å².